The molecule has 0 saturated heterocycles. The normalized spacial score (nSPS) is 15.0. The van der Waals surface area contributed by atoms with Crippen molar-refractivity contribution in [1.29, 1.82) is 0 Å². The summed E-state index contributed by atoms with van der Waals surface area (Å²) in [7, 11) is 0. The molecule has 1 atom stereocenters. The Morgan fingerprint density at radius 1 is 1.03 bits per heavy atom. The topological polar surface area (TPSA) is 100 Å². The lowest BCUT2D eigenvalue weighted by atomic mass is 9.95. The van der Waals surface area contributed by atoms with Crippen molar-refractivity contribution in [3.8, 4) is 11.5 Å². The first-order chi connectivity index (χ1) is 16.0. The highest BCUT2D eigenvalue weighted by molar-refractivity contribution is 5.92. The number of nitrogens with one attached hydrogen (secondary N) is 1. The second kappa shape index (κ2) is 9.72. The fourth-order valence-corrected chi connectivity index (χ4v) is 3.72. The smallest absolute Gasteiger partial charge is 0.338 e. The van der Waals surface area contributed by atoms with Crippen LogP contribution >= 0.6 is 0 Å². The van der Waals surface area contributed by atoms with Gasteiger partial charge in [-0.15, -0.1) is 0 Å². The zero-order chi connectivity index (χ0) is 23.4. The van der Waals surface area contributed by atoms with Gasteiger partial charge in [0.1, 0.15) is 12.6 Å². The molecule has 1 N–H and O–H groups in total. The van der Waals surface area contributed by atoms with E-state index >= 15 is 0 Å². The van der Waals surface area contributed by atoms with Crippen LogP contribution in [0, 0.1) is 6.92 Å². The lowest BCUT2D eigenvalue weighted by Gasteiger charge is -2.27. The number of benzene rings is 2. The molecule has 0 bridgehead atoms. The van der Waals surface area contributed by atoms with Crippen LogP contribution in [0.1, 0.15) is 43.5 Å². The van der Waals surface area contributed by atoms with Crippen LogP contribution < -0.4 is 14.8 Å². The van der Waals surface area contributed by atoms with Crippen molar-refractivity contribution in [3.05, 3.63) is 70.4 Å². The molecule has 3 aromatic rings. The van der Waals surface area contributed by atoms with Gasteiger partial charge in [-0.05, 0) is 61.4 Å². The van der Waals surface area contributed by atoms with Gasteiger partial charge in [-0.2, -0.15) is 4.68 Å². The van der Waals surface area contributed by atoms with Crippen molar-refractivity contribution in [2.75, 3.05) is 18.5 Å². The summed E-state index contributed by atoms with van der Waals surface area (Å²) in [6.07, 6.45) is 0. The monoisotopic (exact) mass is 449 g/mol. The number of carbonyl (C=O) groups excluding carboxylic acids is 1. The maximum Gasteiger partial charge on any atom is 0.338 e. The summed E-state index contributed by atoms with van der Waals surface area (Å²) in [6, 6.07) is 13.2. The molecule has 2 heterocycles. The van der Waals surface area contributed by atoms with E-state index in [9.17, 15) is 4.79 Å². The van der Waals surface area contributed by atoms with Gasteiger partial charge >= 0.3 is 5.97 Å². The predicted octanol–water partition coefficient (Wildman–Crippen LogP) is 3.81. The maximum absolute atomic E-state index is 12.8. The zero-order valence-electron chi connectivity index (χ0n) is 19.2. The van der Waals surface area contributed by atoms with E-state index in [4.69, 9.17) is 14.2 Å². The minimum Gasteiger partial charge on any atom is -0.490 e. The molecule has 4 rings (SSSR count). The van der Waals surface area contributed by atoms with Crippen molar-refractivity contribution >= 4 is 11.9 Å². The standard InChI is InChI=1S/C24H27N5O4/c1-5-31-20-13-18(11-12-19(20)33-14-17-9-7-15(3)8-10-17)22-21(23(30)32-6-2)16(4)25-24-26-27-28-29(22)24/h7-13,22H,5-6,14H2,1-4H3,(H,25,26,28). The maximum atomic E-state index is 12.8. The van der Waals surface area contributed by atoms with Gasteiger partial charge in [0.25, 0.3) is 0 Å². The third kappa shape index (κ3) is 4.67. The number of nitrogens with zero attached hydrogens (tertiary/aromatic N) is 4. The van der Waals surface area contributed by atoms with Crippen LogP contribution in [0.25, 0.3) is 0 Å². The number of anilines is 1. The molecule has 1 aromatic heterocycles. The van der Waals surface area contributed by atoms with Crippen molar-refractivity contribution in [3.63, 3.8) is 0 Å². The number of hydrogen-bond donors (Lipinski definition) is 1. The SMILES string of the molecule is CCOC(=O)C1=C(C)Nc2nnnn2C1c1ccc(OCc2ccc(C)cc2)c(OCC)c1. The number of carbonyl (C=O) groups is 1. The summed E-state index contributed by atoms with van der Waals surface area (Å²) >= 11 is 0. The van der Waals surface area contributed by atoms with E-state index in [1.54, 1.807) is 18.5 Å². The van der Waals surface area contributed by atoms with Crippen LogP contribution in [0.15, 0.2) is 53.7 Å². The second-order valence-electron chi connectivity index (χ2n) is 7.65. The molecular formula is C24H27N5O4. The van der Waals surface area contributed by atoms with Crippen LogP contribution in [0.2, 0.25) is 0 Å². The molecule has 0 fully saturated rings. The second-order valence-corrected chi connectivity index (χ2v) is 7.65. The number of allylic oxidation sites excluding steroid dienone is 1. The van der Waals surface area contributed by atoms with Gasteiger partial charge < -0.3 is 19.5 Å². The van der Waals surface area contributed by atoms with E-state index in [0.717, 1.165) is 11.1 Å². The van der Waals surface area contributed by atoms with Gasteiger partial charge in [-0.25, -0.2) is 4.79 Å². The molecule has 1 aliphatic heterocycles. The molecule has 9 heteroatoms. The minimum absolute atomic E-state index is 0.265. The van der Waals surface area contributed by atoms with E-state index in [2.05, 4.69) is 33.0 Å². The van der Waals surface area contributed by atoms with E-state index in [-0.39, 0.29) is 6.61 Å². The van der Waals surface area contributed by atoms with E-state index in [0.29, 0.717) is 41.9 Å². The Kier molecular flexibility index (Phi) is 6.58. The number of fused-ring (bicyclic) bond motifs is 1. The lowest BCUT2D eigenvalue weighted by Crippen LogP contribution is -2.29. The number of esters is 1. The van der Waals surface area contributed by atoms with Crippen LogP contribution in [0.4, 0.5) is 5.95 Å². The summed E-state index contributed by atoms with van der Waals surface area (Å²) < 4.78 is 18.8. The number of rotatable bonds is 8. The Balaban J connectivity index is 1.69. The first-order valence-corrected chi connectivity index (χ1v) is 10.9. The lowest BCUT2D eigenvalue weighted by molar-refractivity contribution is -0.139. The number of ether oxygens (including phenoxy) is 3. The molecule has 9 nitrogen and oxygen atoms in total. The third-order valence-electron chi connectivity index (χ3n) is 5.31. The highest BCUT2D eigenvalue weighted by atomic mass is 16.5. The Morgan fingerprint density at radius 3 is 2.55 bits per heavy atom. The quantitative estimate of drug-likeness (QED) is 0.518. The van der Waals surface area contributed by atoms with Crippen LogP contribution in [-0.2, 0) is 16.1 Å². The average Bonchev–Trinajstić information content (AvgIpc) is 3.26. The zero-order valence-corrected chi connectivity index (χ0v) is 19.2. The summed E-state index contributed by atoms with van der Waals surface area (Å²) in [4.78, 5) is 12.8. The molecule has 0 radical (unpaired) electrons. The first-order valence-electron chi connectivity index (χ1n) is 10.9. The van der Waals surface area contributed by atoms with E-state index < -0.39 is 12.0 Å². The Labute approximate surface area is 192 Å². The van der Waals surface area contributed by atoms with Crippen molar-refractivity contribution in [1.82, 2.24) is 20.2 Å². The first kappa shape index (κ1) is 22.3. The number of aryl methyl sites for hydroxylation is 1. The van der Waals surface area contributed by atoms with Crippen LogP contribution in [0.3, 0.4) is 0 Å². The van der Waals surface area contributed by atoms with Crippen LogP contribution in [0.5, 0.6) is 11.5 Å². The van der Waals surface area contributed by atoms with Gasteiger partial charge in [0, 0.05) is 5.70 Å². The summed E-state index contributed by atoms with van der Waals surface area (Å²) in [5.41, 5.74) is 4.11. The molecule has 172 valence electrons. The molecule has 1 aliphatic rings. The highest BCUT2D eigenvalue weighted by Gasteiger charge is 2.35. The van der Waals surface area contributed by atoms with Gasteiger partial charge in [0.15, 0.2) is 11.5 Å². The Hall–Kier alpha value is -3.88. The van der Waals surface area contributed by atoms with Gasteiger partial charge in [0.05, 0.1) is 18.8 Å². The van der Waals surface area contributed by atoms with E-state index in [1.165, 1.54) is 5.56 Å². The Morgan fingerprint density at radius 2 is 1.82 bits per heavy atom. The van der Waals surface area contributed by atoms with E-state index in [1.807, 2.05) is 44.2 Å². The molecule has 0 spiro atoms. The predicted molar refractivity (Wildman–Crippen MR) is 122 cm³/mol. The highest BCUT2D eigenvalue weighted by Crippen LogP contribution is 2.39. The number of aromatic nitrogens is 4. The molecule has 33 heavy (non-hydrogen) atoms. The fraction of sp³-hybridized carbons (Fsp3) is 0.333. The summed E-state index contributed by atoms with van der Waals surface area (Å²) in [5, 5.41) is 15.0. The minimum atomic E-state index is -0.569. The van der Waals surface area contributed by atoms with Crippen LogP contribution in [-0.4, -0.2) is 39.4 Å². The molecule has 2 aromatic carbocycles. The molecule has 0 aliphatic carbocycles. The summed E-state index contributed by atoms with van der Waals surface area (Å²) in [6.45, 7) is 8.68. The summed E-state index contributed by atoms with van der Waals surface area (Å²) in [5.74, 6) is 1.22. The third-order valence-corrected chi connectivity index (χ3v) is 5.31. The van der Waals surface area contributed by atoms with Gasteiger partial charge in [-0.1, -0.05) is 41.0 Å². The van der Waals surface area contributed by atoms with Gasteiger partial charge in [0.2, 0.25) is 5.95 Å². The molecule has 1 unspecified atom stereocenters. The number of hydrogen-bond acceptors (Lipinski definition) is 8. The molecule has 0 saturated carbocycles. The van der Waals surface area contributed by atoms with Gasteiger partial charge in [-0.3, -0.25) is 0 Å². The average molecular weight is 450 g/mol. The number of tetrazole rings is 1. The molecule has 0 amide bonds. The van der Waals surface area contributed by atoms with Crippen molar-refractivity contribution in [2.45, 2.75) is 40.3 Å². The molecular weight excluding hydrogens is 422 g/mol. The van der Waals surface area contributed by atoms with Crippen molar-refractivity contribution < 1.29 is 19.0 Å². The largest absolute Gasteiger partial charge is 0.490 e. The van der Waals surface area contributed by atoms with Crippen molar-refractivity contribution in [2.24, 2.45) is 0 Å². The fourth-order valence-electron chi connectivity index (χ4n) is 3.72. The Bertz CT molecular complexity index is 1170.